The number of aromatic nitrogens is 6. The molecule has 12 heteroatoms. The van der Waals surface area contributed by atoms with Crippen molar-refractivity contribution in [2.75, 3.05) is 18.9 Å². The number of methoxy groups -OCH3 is 2. The Morgan fingerprint density at radius 2 is 1.94 bits per heavy atom. The van der Waals surface area contributed by atoms with E-state index in [2.05, 4.69) is 29.9 Å². The van der Waals surface area contributed by atoms with E-state index in [9.17, 15) is 4.39 Å². The van der Waals surface area contributed by atoms with Crippen LogP contribution < -0.4 is 14.2 Å². The molecule has 0 aliphatic carbocycles. The Bertz CT molecular complexity index is 1430. The van der Waals surface area contributed by atoms with E-state index in [0.717, 1.165) is 5.69 Å². The van der Waals surface area contributed by atoms with Gasteiger partial charge >= 0.3 is 0 Å². The second-order valence-electron chi connectivity index (χ2n) is 7.58. The summed E-state index contributed by atoms with van der Waals surface area (Å²) in [5, 5.41) is 8.75. The summed E-state index contributed by atoms with van der Waals surface area (Å²) in [4.78, 5) is 11.3. The van der Waals surface area contributed by atoms with Crippen LogP contribution in [0.2, 0.25) is 0 Å². The maximum atomic E-state index is 13.9. The van der Waals surface area contributed by atoms with Crippen LogP contribution in [-0.2, 0) is 6.42 Å². The molecule has 4 heterocycles. The van der Waals surface area contributed by atoms with Crippen LogP contribution in [0.1, 0.15) is 12.6 Å². The molecular formula is C23H22FN7O3S. The molecule has 0 spiro atoms. The maximum absolute atomic E-state index is 13.9. The maximum Gasteiger partial charge on any atom is 0.239 e. The highest BCUT2D eigenvalue weighted by molar-refractivity contribution is 8.01. The number of nitrogens with one attached hydrogen (secondary N) is 2. The number of furan rings is 1. The second kappa shape index (κ2) is 9.66. The molecule has 0 fully saturated rings. The van der Waals surface area contributed by atoms with Gasteiger partial charge in [-0.05, 0) is 36.2 Å². The van der Waals surface area contributed by atoms with Crippen LogP contribution >= 0.6 is 11.9 Å². The number of aromatic amines is 1. The number of nitrogens with zero attached hydrogens (tertiary/aromatic N) is 5. The molecule has 5 aromatic rings. The van der Waals surface area contributed by atoms with Gasteiger partial charge in [0.05, 0.1) is 44.2 Å². The lowest BCUT2D eigenvalue weighted by Crippen LogP contribution is -2.10. The van der Waals surface area contributed by atoms with E-state index in [1.165, 1.54) is 24.5 Å². The molecule has 0 amide bonds. The van der Waals surface area contributed by atoms with Crippen molar-refractivity contribution in [2.24, 2.45) is 0 Å². The van der Waals surface area contributed by atoms with Gasteiger partial charge in [-0.25, -0.2) is 9.37 Å². The summed E-state index contributed by atoms with van der Waals surface area (Å²) in [7, 11) is 3.18. The number of imidazole rings is 1. The van der Waals surface area contributed by atoms with E-state index < -0.39 is 5.82 Å². The summed E-state index contributed by atoms with van der Waals surface area (Å²) in [6.45, 7) is 2.03. The normalized spacial score (nSPS) is 12.1. The van der Waals surface area contributed by atoms with Crippen molar-refractivity contribution in [1.82, 2.24) is 29.7 Å². The number of rotatable bonds is 9. The van der Waals surface area contributed by atoms with Crippen LogP contribution in [0, 0.1) is 5.82 Å². The Kier molecular flexibility index (Phi) is 6.27. The first-order chi connectivity index (χ1) is 17.1. The largest absolute Gasteiger partial charge is 0.494 e. The number of pyridine rings is 1. The number of halogens is 1. The van der Waals surface area contributed by atoms with Gasteiger partial charge in [-0.1, -0.05) is 13.0 Å². The molecule has 1 aromatic carbocycles. The van der Waals surface area contributed by atoms with E-state index in [-0.39, 0.29) is 10.8 Å². The molecule has 4 aromatic heterocycles. The lowest BCUT2D eigenvalue weighted by molar-refractivity contribution is 0.391. The topological polar surface area (TPSA) is 116 Å². The van der Waals surface area contributed by atoms with Gasteiger partial charge in [0.15, 0.2) is 11.6 Å². The number of H-pyrrole nitrogens is 1. The van der Waals surface area contributed by atoms with E-state index in [1.54, 1.807) is 37.2 Å². The van der Waals surface area contributed by atoms with Crippen molar-refractivity contribution >= 4 is 28.9 Å². The fraction of sp³-hybridized carbons (Fsp3) is 0.217. The predicted molar refractivity (Wildman–Crippen MR) is 130 cm³/mol. The zero-order chi connectivity index (χ0) is 24.4. The summed E-state index contributed by atoms with van der Waals surface area (Å²) >= 11 is 1.43. The van der Waals surface area contributed by atoms with Crippen molar-refractivity contribution in [3.05, 3.63) is 60.6 Å². The first kappa shape index (κ1) is 22.7. The number of anilines is 1. The third-order valence-corrected chi connectivity index (χ3v) is 6.22. The first-order valence-electron chi connectivity index (χ1n) is 10.7. The lowest BCUT2D eigenvalue weighted by Gasteiger charge is -2.18. The number of fused-ring (bicyclic) bond motifs is 1. The van der Waals surface area contributed by atoms with Crippen LogP contribution in [-0.4, -0.2) is 49.2 Å². The van der Waals surface area contributed by atoms with Gasteiger partial charge < -0.3 is 18.9 Å². The highest BCUT2D eigenvalue weighted by atomic mass is 32.2. The van der Waals surface area contributed by atoms with E-state index in [0.29, 0.717) is 46.7 Å². The highest BCUT2D eigenvalue weighted by Crippen LogP contribution is 2.38. The highest BCUT2D eigenvalue weighted by Gasteiger charge is 2.24. The van der Waals surface area contributed by atoms with Gasteiger partial charge in [0, 0.05) is 11.7 Å². The monoisotopic (exact) mass is 495 g/mol. The van der Waals surface area contributed by atoms with Crippen molar-refractivity contribution < 1.29 is 18.3 Å². The SMILES string of the molecule is COc1cccc(OC)c1-n1c(NSC(C)Cc2ncc(F)c3nc[nH]c23)nnc1-c1ccco1. The molecule has 0 bridgehead atoms. The average molecular weight is 496 g/mol. The summed E-state index contributed by atoms with van der Waals surface area (Å²) in [5.41, 5.74) is 2.24. The second-order valence-corrected chi connectivity index (χ2v) is 8.83. The van der Waals surface area contributed by atoms with Gasteiger partial charge in [0.2, 0.25) is 11.8 Å². The fourth-order valence-electron chi connectivity index (χ4n) is 3.76. The summed E-state index contributed by atoms with van der Waals surface area (Å²) in [5.74, 6) is 2.18. The van der Waals surface area contributed by atoms with Crippen molar-refractivity contribution in [2.45, 2.75) is 18.6 Å². The molecule has 0 radical (unpaired) electrons. The number of hydrogen-bond donors (Lipinski definition) is 2. The minimum absolute atomic E-state index is 0.0382. The molecular weight excluding hydrogens is 473 g/mol. The van der Waals surface area contributed by atoms with Crippen LogP contribution in [0.25, 0.3) is 28.3 Å². The van der Waals surface area contributed by atoms with E-state index in [4.69, 9.17) is 13.9 Å². The summed E-state index contributed by atoms with van der Waals surface area (Å²) in [6, 6.07) is 9.09. The van der Waals surface area contributed by atoms with E-state index >= 15 is 0 Å². The molecule has 1 unspecified atom stereocenters. The molecule has 5 rings (SSSR count). The minimum atomic E-state index is -0.451. The zero-order valence-corrected chi connectivity index (χ0v) is 20.0. The fourth-order valence-corrected chi connectivity index (χ4v) is 4.44. The molecule has 0 saturated carbocycles. The van der Waals surface area contributed by atoms with Gasteiger partial charge in [-0.15, -0.1) is 10.2 Å². The van der Waals surface area contributed by atoms with Gasteiger partial charge in [0.25, 0.3) is 0 Å². The standard InChI is InChI=1S/C23H22FN7O3S/c1-13(10-15-20-19(26-12-27-20)14(24)11-25-15)35-30-23-29-28-22(18-8-5-9-34-18)31(23)21-16(32-2)6-4-7-17(21)33-3/h4-9,11-13H,10H2,1-3H3,(H,26,27)(H,29,30). The smallest absolute Gasteiger partial charge is 0.239 e. The molecule has 0 saturated heterocycles. The summed E-state index contributed by atoms with van der Waals surface area (Å²) < 4.78 is 35.9. The van der Waals surface area contributed by atoms with Crippen LogP contribution in [0.15, 0.2) is 53.5 Å². The third kappa shape index (κ3) is 4.28. The molecule has 10 nitrogen and oxygen atoms in total. The van der Waals surface area contributed by atoms with Gasteiger partial charge in [-0.2, -0.15) is 0 Å². The van der Waals surface area contributed by atoms with Crippen LogP contribution in [0.4, 0.5) is 10.3 Å². The van der Waals surface area contributed by atoms with Gasteiger partial charge in [0.1, 0.15) is 22.7 Å². The van der Waals surface area contributed by atoms with Gasteiger partial charge in [-0.3, -0.25) is 14.3 Å². The van der Waals surface area contributed by atoms with Crippen LogP contribution in [0.3, 0.4) is 0 Å². The minimum Gasteiger partial charge on any atom is -0.494 e. The quantitative estimate of drug-likeness (QED) is 0.282. The summed E-state index contributed by atoms with van der Waals surface area (Å²) in [6.07, 6.45) is 4.80. The van der Waals surface area contributed by atoms with Crippen molar-refractivity contribution in [3.8, 4) is 28.8 Å². The molecule has 2 N–H and O–H groups in total. The molecule has 0 aliphatic rings. The Morgan fingerprint density at radius 3 is 2.66 bits per heavy atom. The Morgan fingerprint density at radius 1 is 1.14 bits per heavy atom. The molecule has 0 aliphatic heterocycles. The van der Waals surface area contributed by atoms with Crippen LogP contribution in [0.5, 0.6) is 11.5 Å². The number of hydrogen-bond acceptors (Lipinski definition) is 9. The molecule has 35 heavy (non-hydrogen) atoms. The van der Waals surface area contributed by atoms with Crippen molar-refractivity contribution in [3.63, 3.8) is 0 Å². The Labute approximate surface area is 204 Å². The predicted octanol–water partition coefficient (Wildman–Crippen LogP) is 4.65. The lowest BCUT2D eigenvalue weighted by atomic mass is 10.2. The number of ether oxygens (including phenoxy) is 2. The Balaban J connectivity index is 1.46. The average Bonchev–Trinajstić information content (AvgIpc) is 3.64. The number of benzene rings is 1. The molecule has 1 atom stereocenters. The van der Waals surface area contributed by atoms with Crippen molar-refractivity contribution in [1.29, 1.82) is 0 Å². The number of para-hydroxylation sites is 1. The van der Waals surface area contributed by atoms with E-state index in [1.807, 2.05) is 25.1 Å². The first-order valence-corrected chi connectivity index (χ1v) is 11.6. The Hall–Kier alpha value is -4.06. The molecule has 180 valence electrons. The third-order valence-electron chi connectivity index (χ3n) is 5.35. The zero-order valence-electron chi connectivity index (χ0n) is 19.2.